The highest BCUT2D eigenvalue weighted by atomic mass is 32.2. The van der Waals surface area contributed by atoms with E-state index in [9.17, 15) is 22.8 Å². The first-order valence-corrected chi connectivity index (χ1v) is 9.70. The fraction of sp³-hybridized carbons (Fsp3) is 0.300. The minimum atomic E-state index is -4.38. The second kappa shape index (κ2) is 8.87. The molecular weight excluding hydrogens is 405 g/mol. The number of nitrogens with zero attached hydrogens (tertiary/aromatic N) is 1. The summed E-state index contributed by atoms with van der Waals surface area (Å²) in [6.45, 7) is 3.74. The van der Waals surface area contributed by atoms with Crippen molar-refractivity contribution in [3.8, 4) is 0 Å². The molecule has 0 atom stereocenters. The molecule has 2 aromatic carbocycles. The second-order valence-corrected chi connectivity index (χ2v) is 7.55. The van der Waals surface area contributed by atoms with E-state index in [1.165, 1.54) is 24.3 Å². The van der Waals surface area contributed by atoms with E-state index >= 15 is 0 Å². The third kappa shape index (κ3) is 5.51. The molecule has 1 N–H and O–H groups in total. The molecule has 0 radical (unpaired) electrons. The van der Waals surface area contributed by atoms with Gasteiger partial charge in [0.25, 0.3) is 11.8 Å². The molecular formula is C20H19F3N2O3S. The first-order valence-electron chi connectivity index (χ1n) is 8.88. The summed E-state index contributed by atoms with van der Waals surface area (Å²) in [6, 6.07) is 10.2. The van der Waals surface area contributed by atoms with Crippen LogP contribution in [0.4, 0.5) is 18.9 Å². The maximum atomic E-state index is 12.7. The van der Waals surface area contributed by atoms with Crippen LogP contribution in [0.5, 0.6) is 0 Å². The van der Waals surface area contributed by atoms with Gasteiger partial charge in [-0.05, 0) is 60.6 Å². The third-order valence-corrected chi connectivity index (χ3v) is 5.20. The molecule has 2 amide bonds. The Morgan fingerprint density at radius 2 is 1.72 bits per heavy atom. The molecule has 29 heavy (non-hydrogen) atoms. The zero-order chi connectivity index (χ0) is 21.0. The molecule has 1 aliphatic heterocycles. The van der Waals surface area contributed by atoms with E-state index < -0.39 is 11.4 Å². The van der Waals surface area contributed by atoms with Gasteiger partial charge in [-0.2, -0.15) is 13.2 Å². The predicted octanol–water partition coefficient (Wildman–Crippen LogP) is 4.33. The number of halogens is 3. The van der Waals surface area contributed by atoms with Crippen molar-refractivity contribution in [1.29, 1.82) is 0 Å². The Kier molecular flexibility index (Phi) is 6.49. The van der Waals surface area contributed by atoms with Crippen LogP contribution >= 0.6 is 11.8 Å². The normalized spacial score (nSPS) is 14.6. The lowest BCUT2D eigenvalue weighted by molar-refractivity contribution is -0.0328. The molecule has 154 valence electrons. The molecule has 3 rings (SSSR count). The molecule has 1 saturated heterocycles. The minimum absolute atomic E-state index is 0.00309. The Morgan fingerprint density at radius 1 is 1.07 bits per heavy atom. The zero-order valence-corrected chi connectivity index (χ0v) is 16.4. The van der Waals surface area contributed by atoms with Gasteiger partial charge < -0.3 is 15.0 Å². The van der Waals surface area contributed by atoms with Crippen molar-refractivity contribution in [3.63, 3.8) is 0 Å². The summed E-state index contributed by atoms with van der Waals surface area (Å²) in [5.74, 6) is -0.594. The third-order valence-electron chi connectivity index (χ3n) is 4.46. The number of rotatable bonds is 4. The number of benzene rings is 2. The van der Waals surface area contributed by atoms with Crippen molar-refractivity contribution in [2.45, 2.75) is 17.3 Å². The molecule has 5 nitrogen and oxygen atoms in total. The van der Waals surface area contributed by atoms with Gasteiger partial charge in [0.1, 0.15) is 0 Å². The molecule has 0 spiro atoms. The SMILES string of the molecule is Cc1c(NC(=O)c2ccc(SC(F)(F)F)cc2)cccc1C(=O)N1CCOCC1. The second-order valence-electron chi connectivity index (χ2n) is 6.41. The molecule has 0 unspecified atom stereocenters. The average molecular weight is 424 g/mol. The molecule has 1 heterocycles. The molecule has 1 aliphatic rings. The van der Waals surface area contributed by atoms with Crippen molar-refractivity contribution >= 4 is 29.3 Å². The first kappa shape index (κ1) is 21.2. The summed E-state index contributed by atoms with van der Waals surface area (Å²) in [4.78, 5) is 26.9. The summed E-state index contributed by atoms with van der Waals surface area (Å²) < 4.78 is 42.5. The number of morpholine rings is 1. The van der Waals surface area contributed by atoms with Crippen LogP contribution in [-0.4, -0.2) is 48.5 Å². The van der Waals surface area contributed by atoms with Gasteiger partial charge in [-0.3, -0.25) is 9.59 Å². The average Bonchev–Trinajstić information content (AvgIpc) is 2.69. The van der Waals surface area contributed by atoms with Gasteiger partial charge in [0, 0.05) is 34.8 Å². The predicted molar refractivity (Wildman–Crippen MR) is 104 cm³/mol. The lowest BCUT2D eigenvalue weighted by Crippen LogP contribution is -2.41. The topological polar surface area (TPSA) is 58.6 Å². The Labute approximate surface area is 170 Å². The smallest absolute Gasteiger partial charge is 0.378 e. The number of hydrogen-bond acceptors (Lipinski definition) is 4. The van der Waals surface area contributed by atoms with E-state index in [4.69, 9.17) is 4.74 Å². The quantitative estimate of drug-likeness (QED) is 0.743. The summed E-state index contributed by atoms with van der Waals surface area (Å²) in [5.41, 5.74) is -2.57. The van der Waals surface area contributed by atoms with E-state index in [1.807, 2.05) is 0 Å². The molecule has 1 fully saturated rings. The number of hydrogen-bond donors (Lipinski definition) is 1. The highest BCUT2D eigenvalue weighted by Crippen LogP contribution is 2.36. The van der Waals surface area contributed by atoms with E-state index in [2.05, 4.69) is 5.32 Å². The molecule has 0 aromatic heterocycles. The van der Waals surface area contributed by atoms with E-state index in [0.717, 1.165) is 0 Å². The van der Waals surface area contributed by atoms with Gasteiger partial charge in [0.2, 0.25) is 0 Å². The van der Waals surface area contributed by atoms with Crippen LogP contribution in [0, 0.1) is 6.92 Å². The highest BCUT2D eigenvalue weighted by Gasteiger charge is 2.29. The van der Waals surface area contributed by atoms with Gasteiger partial charge in [0.05, 0.1) is 13.2 Å². The molecule has 0 aliphatic carbocycles. The van der Waals surface area contributed by atoms with Gasteiger partial charge in [-0.15, -0.1) is 0 Å². The highest BCUT2D eigenvalue weighted by molar-refractivity contribution is 8.00. The molecule has 0 bridgehead atoms. The van der Waals surface area contributed by atoms with Crippen LogP contribution in [0.2, 0.25) is 0 Å². The number of carbonyl (C=O) groups excluding carboxylic acids is 2. The van der Waals surface area contributed by atoms with Crippen molar-refractivity contribution in [2.75, 3.05) is 31.6 Å². The standard InChI is InChI=1S/C20H19F3N2O3S/c1-13-16(19(27)25-9-11-28-12-10-25)3-2-4-17(13)24-18(26)14-5-7-15(8-6-14)29-20(21,22)23/h2-8H,9-12H2,1H3,(H,24,26). The number of amides is 2. The molecule has 0 saturated carbocycles. The Bertz CT molecular complexity index is 895. The van der Waals surface area contributed by atoms with E-state index in [1.54, 1.807) is 30.0 Å². The minimum Gasteiger partial charge on any atom is -0.378 e. The van der Waals surface area contributed by atoms with Crippen LogP contribution < -0.4 is 5.32 Å². The molecule has 9 heteroatoms. The first-order chi connectivity index (χ1) is 13.7. The lowest BCUT2D eigenvalue weighted by atomic mass is 10.0. The summed E-state index contributed by atoms with van der Waals surface area (Å²) in [6.07, 6.45) is 0. The van der Waals surface area contributed by atoms with Crippen LogP contribution in [-0.2, 0) is 4.74 Å². The Balaban J connectivity index is 1.73. The maximum absolute atomic E-state index is 12.7. The van der Waals surface area contributed by atoms with Crippen LogP contribution in [0.15, 0.2) is 47.4 Å². The van der Waals surface area contributed by atoms with E-state index in [0.29, 0.717) is 43.1 Å². The van der Waals surface area contributed by atoms with Gasteiger partial charge in [-0.25, -0.2) is 0 Å². The lowest BCUT2D eigenvalue weighted by Gasteiger charge is -2.27. The number of carbonyl (C=O) groups is 2. The van der Waals surface area contributed by atoms with Crippen LogP contribution in [0.3, 0.4) is 0 Å². The summed E-state index contributed by atoms with van der Waals surface area (Å²) in [5, 5.41) is 2.73. The summed E-state index contributed by atoms with van der Waals surface area (Å²) in [7, 11) is 0. The fourth-order valence-corrected chi connectivity index (χ4v) is 3.48. The Hall–Kier alpha value is -2.52. The molecule has 2 aromatic rings. The van der Waals surface area contributed by atoms with Gasteiger partial charge in [0.15, 0.2) is 0 Å². The summed E-state index contributed by atoms with van der Waals surface area (Å²) >= 11 is -0.237. The van der Waals surface area contributed by atoms with Gasteiger partial charge in [-0.1, -0.05) is 6.07 Å². The zero-order valence-electron chi connectivity index (χ0n) is 15.6. The van der Waals surface area contributed by atoms with Gasteiger partial charge >= 0.3 is 5.51 Å². The largest absolute Gasteiger partial charge is 0.446 e. The number of anilines is 1. The maximum Gasteiger partial charge on any atom is 0.446 e. The van der Waals surface area contributed by atoms with E-state index in [-0.39, 0.29) is 28.1 Å². The fourth-order valence-electron chi connectivity index (χ4n) is 2.94. The number of thioether (sulfide) groups is 1. The Morgan fingerprint density at radius 3 is 2.34 bits per heavy atom. The number of ether oxygens (including phenoxy) is 1. The van der Waals surface area contributed by atoms with Crippen molar-refractivity contribution in [3.05, 3.63) is 59.2 Å². The monoisotopic (exact) mass is 424 g/mol. The van der Waals surface area contributed by atoms with Crippen LogP contribution in [0.1, 0.15) is 26.3 Å². The number of nitrogens with one attached hydrogen (secondary N) is 1. The van der Waals surface area contributed by atoms with Crippen molar-refractivity contribution in [2.24, 2.45) is 0 Å². The van der Waals surface area contributed by atoms with Crippen LogP contribution in [0.25, 0.3) is 0 Å². The van der Waals surface area contributed by atoms with Crippen molar-refractivity contribution in [1.82, 2.24) is 4.90 Å². The number of alkyl halides is 3. The van der Waals surface area contributed by atoms with Crippen molar-refractivity contribution < 1.29 is 27.5 Å².